The maximum Gasteiger partial charge on any atom is 0.134 e. The van der Waals surface area contributed by atoms with Crippen molar-refractivity contribution in [3.8, 4) is 0 Å². The highest BCUT2D eigenvalue weighted by Crippen LogP contribution is 2.36. The Morgan fingerprint density at radius 1 is 1.03 bits per heavy atom. The summed E-state index contributed by atoms with van der Waals surface area (Å²) in [5.74, 6) is 0.409. The number of hydrogen-bond donors (Lipinski definition) is 1. The summed E-state index contributed by atoms with van der Waals surface area (Å²) in [5, 5.41) is 15.6. The van der Waals surface area contributed by atoms with Crippen molar-refractivity contribution >= 4 is 21.6 Å². The Labute approximate surface area is 212 Å². The molecular weight excluding hydrogens is 490 g/mol. The number of halogens is 1. The minimum atomic E-state index is -0.518. The molecule has 0 aromatic heterocycles. The van der Waals surface area contributed by atoms with Crippen molar-refractivity contribution in [1.29, 1.82) is 0 Å². The normalized spacial score (nSPS) is 21.4. The van der Waals surface area contributed by atoms with Crippen LogP contribution in [0, 0.1) is 19.8 Å². The lowest BCUT2D eigenvalue weighted by molar-refractivity contribution is -0.0541. The molecule has 0 amide bonds. The fraction of sp³-hybridized carbons (Fsp3) is 0.536. The largest absolute Gasteiger partial charge is 0.399 e. The summed E-state index contributed by atoms with van der Waals surface area (Å²) in [7, 11) is 1.63. The number of piperidine rings is 2. The van der Waals surface area contributed by atoms with Crippen molar-refractivity contribution in [2.24, 2.45) is 11.1 Å². The van der Waals surface area contributed by atoms with E-state index in [1.165, 1.54) is 11.1 Å². The van der Waals surface area contributed by atoms with Gasteiger partial charge in [-0.05, 0) is 88.4 Å². The molecule has 0 saturated carbocycles. The van der Waals surface area contributed by atoms with Crippen LogP contribution in [0.15, 0.2) is 52.1 Å². The number of aliphatic hydroxyl groups is 1. The fourth-order valence-corrected chi connectivity index (χ4v) is 6.02. The van der Waals surface area contributed by atoms with Gasteiger partial charge in [0.15, 0.2) is 0 Å². The van der Waals surface area contributed by atoms with Gasteiger partial charge in [-0.25, -0.2) is 0 Å². The Kier molecular flexibility index (Phi) is 8.13. The van der Waals surface area contributed by atoms with Gasteiger partial charge < -0.3 is 9.94 Å². The van der Waals surface area contributed by atoms with Gasteiger partial charge in [0.1, 0.15) is 13.3 Å². The van der Waals surface area contributed by atoms with E-state index in [4.69, 9.17) is 4.84 Å². The van der Waals surface area contributed by atoms with Crippen LogP contribution in [0.4, 0.5) is 0 Å². The molecule has 0 spiro atoms. The zero-order valence-electron chi connectivity index (χ0n) is 20.9. The van der Waals surface area contributed by atoms with Crippen LogP contribution in [0.3, 0.4) is 0 Å². The highest BCUT2D eigenvalue weighted by atomic mass is 79.9. The van der Waals surface area contributed by atoms with Crippen molar-refractivity contribution in [1.82, 2.24) is 9.80 Å². The molecule has 2 aliphatic heterocycles. The van der Waals surface area contributed by atoms with E-state index in [1.807, 2.05) is 0 Å². The van der Waals surface area contributed by atoms with Crippen molar-refractivity contribution in [3.05, 3.63) is 69.2 Å². The van der Waals surface area contributed by atoms with Crippen LogP contribution in [-0.4, -0.2) is 59.4 Å². The summed E-state index contributed by atoms with van der Waals surface area (Å²) >= 11 is 3.52. The number of oxime groups is 1. The number of hydrogen-bond acceptors (Lipinski definition) is 5. The molecule has 2 aromatic carbocycles. The van der Waals surface area contributed by atoms with Crippen LogP contribution in [-0.2, 0) is 4.84 Å². The number of aliphatic hydroxyl groups excluding tert-OH is 1. The third kappa shape index (κ3) is 5.40. The summed E-state index contributed by atoms with van der Waals surface area (Å²) in [6, 6.07) is 14.6. The van der Waals surface area contributed by atoms with Gasteiger partial charge in [-0.1, -0.05) is 51.4 Å². The molecule has 34 heavy (non-hydrogen) atoms. The predicted molar refractivity (Wildman–Crippen MR) is 142 cm³/mol. The van der Waals surface area contributed by atoms with E-state index in [9.17, 15) is 5.11 Å². The highest BCUT2D eigenvalue weighted by molar-refractivity contribution is 9.10. The molecule has 2 aromatic rings. The van der Waals surface area contributed by atoms with Crippen LogP contribution in [0.1, 0.15) is 61.1 Å². The Morgan fingerprint density at radius 3 is 2.18 bits per heavy atom. The first-order chi connectivity index (χ1) is 16.3. The lowest BCUT2D eigenvalue weighted by atomic mass is 9.82. The molecule has 2 heterocycles. The van der Waals surface area contributed by atoms with Gasteiger partial charge in [-0.3, -0.25) is 9.80 Å². The van der Waals surface area contributed by atoms with Gasteiger partial charge in [0, 0.05) is 34.6 Å². The van der Waals surface area contributed by atoms with Gasteiger partial charge in [0.25, 0.3) is 0 Å². The monoisotopic (exact) mass is 527 g/mol. The zero-order valence-corrected chi connectivity index (χ0v) is 22.5. The minimum absolute atomic E-state index is 0.179. The quantitative estimate of drug-likeness (QED) is 0.388. The summed E-state index contributed by atoms with van der Waals surface area (Å²) in [4.78, 5) is 10.2. The number of nitrogens with zero attached hydrogens (tertiary/aromatic N) is 3. The van der Waals surface area contributed by atoms with Gasteiger partial charge in [0.05, 0.1) is 5.71 Å². The molecule has 4 rings (SSSR count). The van der Waals surface area contributed by atoms with Crippen LogP contribution in [0.2, 0.25) is 0 Å². The molecule has 2 saturated heterocycles. The molecule has 0 aliphatic carbocycles. The van der Waals surface area contributed by atoms with Crippen LogP contribution >= 0.6 is 15.9 Å². The van der Waals surface area contributed by atoms with E-state index >= 15 is 0 Å². The van der Waals surface area contributed by atoms with Crippen molar-refractivity contribution in [3.63, 3.8) is 0 Å². The molecule has 1 N–H and O–H groups in total. The summed E-state index contributed by atoms with van der Waals surface area (Å²) in [5.41, 5.74) is 5.79. The second-order valence-corrected chi connectivity index (χ2v) is 11.1. The molecule has 0 bridgehead atoms. The number of benzene rings is 2. The summed E-state index contributed by atoms with van der Waals surface area (Å²) in [6.45, 7) is 10.6. The van der Waals surface area contributed by atoms with Crippen LogP contribution in [0.5, 0.6) is 0 Å². The second-order valence-electron chi connectivity index (χ2n) is 10.1. The lowest BCUT2D eigenvalue weighted by Gasteiger charge is -2.50. The molecule has 5 nitrogen and oxygen atoms in total. The maximum absolute atomic E-state index is 11.1. The lowest BCUT2D eigenvalue weighted by Crippen LogP contribution is -2.56. The van der Waals surface area contributed by atoms with Crippen molar-refractivity contribution in [2.75, 3.05) is 33.3 Å². The standard InChI is InChI=1S/C28H38BrN3O2/c1-20-6-5-7-21(2)25(20)27(33)31-18-14-28(3,15-19-31)32-16-12-23(13-17-32)26(30-34-4)22-8-10-24(29)11-9-22/h5-11,23,27,33H,12-19H2,1-4H3. The SMILES string of the molecule is CON=C(c1ccc(Br)cc1)C1CCN(C2(C)CCN(C(O)c3c(C)cccc3C)CC2)CC1. The molecule has 1 atom stereocenters. The molecule has 1 unspecified atom stereocenters. The van der Waals surface area contributed by atoms with Crippen molar-refractivity contribution in [2.45, 2.75) is 58.2 Å². The van der Waals surface area contributed by atoms with E-state index in [0.717, 1.165) is 73.2 Å². The molecule has 2 aliphatic rings. The van der Waals surface area contributed by atoms with Crippen LogP contribution in [0.25, 0.3) is 0 Å². The molecular formula is C28H38BrN3O2. The Balaban J connectivity index is 1.36. The maximum atomic E-state index is 11.1. The van der Waals surface area contributed by atoms with E-state index in [-0.39, 0.29) is 5.54 Å². The third-order valence-electron chi connectivity index (χ3n) is 8.00. The first-order valence-corrected chi connectivity index (χ1v) is 13.2. The number of aryl methyl sites for hydroxylation is 2. The van der Waals surface area contributed by atoms with E-state index in [2.05, 4.69) is 94.1 Å². The van der Waals surface area contributed by atoms with E-state index < -0.39 is 6.23 Å². The number of rotatable bonds is 6. The third-order valence-corrected chi connectivity index (χ3v) is 8.52. The Bertz CT molecular complexity index is 971. The highest BCUT2D eigenvalue weighted by Gasteiger charge is 2.39. The average molecular weight is 529 g/mol. The second kappa shape index (κ2) is 10.9. The van der Waals surface area contributed by atoms with E-state index in [1.54, 1.807) is 7.11 Å². The average Bonchev–Trinajstić information content (AvgIpc) is 2.84. The van der Waals surface area contributed by atoms with Crippen molar-refractivity contribution < 1.29 is 9.94 Å². The van der Waals surface area contributed by atoms with E-state index in [0.29, 0.717) is 5.92 Å². The molecule has 2 fully saturated rings. The smallest absolute Gasteiger partial charge is 0.134 e. The summed E-state index contributed by atoms with van der Waals surface area (Å²) < 4.78 is 1.07. The van der Waals surface area contributed by atoms with Gasteiger partial charge in [0.2, 0.25) is 0 Å². The first-order valence-electron chi connectivity index (χ1n) is 12.4. The van der Waals surface area contributed by atoms with Gasteiger partial charge >= 0.3 is 0 Å². The minimum Gasteiger partial charge on any atom is -0.399 e. The molecule has 6 heteroatoms. The van der Waals surface area contributed by atoms with Gasteiger partial charge in [-0.2, -0.15) is 0 Å². The molecule has 184 valence electrons. The zero-order chi connectivity index (χ0) is 24.3. The topological polar surface area (TPSA) is 48.3 Å². The number of likely N-dealkylation sites (tertiary alicyclic amines) is 2. The molecule has 0 radical (unpaired) electrons. The fourth-order valence-electron chi connectivity index (χ4n) is 5.76. The predicted octanol–water partition coefficient (Wildman–Crippen LogP) is 5.67. The Morgan fingerprint density at radius 2 is 1.62 bits per heavy atom. The van der Waals surface area contributed by atoms with Crippen LogP contribution < -0.4 is 0 Å². The Hall–Kier alpha value is -1.73. The van der Waals surface area contributed by atoms with Gasteiger partial charge in [-0.15, -0.1) is 0 Å². The first kappa shape index (κ1) is 25.4. The summed E-state index contributed by atoms with van der Waals surface area (Å²) in [6.07, 6.45) is 3.80.